The summed E-state index contributed by atoms with van der Waals surface area (Å²) in [7, 11) is 0. The summed E-state index contributed by atoms with van der Waals surface area (Å²) < 4.78 is 0. The van der Waals surface area contributed by atoms with Crippen molar-refractivity contribution < 1.29 is 9.90 Å². The number of fused-ring (bicyclic) bond motifs is 1. The van der Waals surface area contributed by atoms with Gasteiger partial charge in [0, 0.05) is 29.5 Å². The van der Waals surface area contributed by atoms with E-state index in [1.54, 1.807) is 18.6 Å². The molecule has 0 saturated heterocycles. The van der Waals surface area contributed by atoms with Crippen molar-refractivity contribution in [2.45, 2.75) is 19.3 Å². The number of rotatable bonds is 4. The summed E-state index contributed by atoms with van der Waals surface area (Å²) in [5, 5.41) is 10.00. The third-order valence-electron chi connectivity index (χ3n) is 3.75. The maximum Gasteiger partial charge on any atom is 0.303 e. The topological polar surface area (TPSA) is 63.1 Å². The van der Waals surface area contributed by atoms with E-state index in [1.165, 1.54) is 0 Å². The van der Waals surface area contributed by atoms with Gasteiger partial charge in [-0.15, -0.1) is 0 Å². The normalized spacial score (nSPS) is 12.2. The van der Waals surface area contributed by atoms with Crippen molar-refractivity contribution in [1.29, 1.82) is 0 Å². The van der Waals surface area contributed by atoms with Crippen molar-refractivity contribution in [3.63, 3.8) is 0 Å². The second-order valence-electron chi connectivity index (χ2n) is 5.42. The lowest BCUT2D eigenvalue weighted by Gasteiger charge is -2.11. The molecule has 4 heteroatoms. The fourth-order valence-corrected chi connectivity index (χ4v) is 2.52. The summed E-state index contributed by atoms with van der Waals surface area (Å²) in [6.07, 6.45) is 5.42. The Morgan fingerprint density at radius 3 is 2.86 bits per heavy atom. The monoisotopic (exact) mass is 292 g/mol. The Bertz CT molecular complexity index is 830. The van der Waals surface area contributed by atoms with Crippen LogP contribution in [0.25, 0.3) is 22.0 Å². The molecule has 1 aromatic carbocycles. The minimum atomic E-state index is -0.797. The smallest absolute Gasteiger partial charge is 0.303 e. The number of hydrogen-bond acceptors (Lipinski definition) is 3. The minimum Gasteiger partial charge on any atom is -0.481 e. The van der Waals surface area contributed by atoms with Gasteiger partial charge in [0.2, 0.25) is 0 Å². The lowest BCUT2D eigenvalue weighted by molar-refractivity contribution is -0.137. The summed E-state index contributed by atoms with van der Waals surface area (Å²) in [5.74, 6) is -0.859. The summed E-state index contributed by atoms with van der Waals surface area (Å²) >= 11 is 0. The van der Waals surface area contributed by atoms with Gasteiger partial charge in [-0.1, -0.05) is 19.1 Å². The molecule has 0 fully saturated rings. The molecule has 0 saturated carbocycles. The molecule has 0 spiro atoms. The van der Waals surface area contributed by atoms with Crippen LogP contribution in [-0.2, 0) is 4.79 Å². The molecule has 2 aromatic heterocycles. The van der Waals surface area contributed by atoms with E-state index in [-0.39, 0.29) is 12.3 Å². The van der Waals surface area contributed by atoms with Crippen molar-refractivity contribution in [2.24, 2.45) is 0 Å². The molecule has 1 N–H and O–H groups in total. The average molecular weight is 292 g/mol. The maximum atomic E-state index is 10.9. The van der Waals surface area contributed by atoms with Gasteiger partial charge in [-0.25, -0.2) is 0 Å². The van der Waals surface area contributed by atoms with Gasteiger partial charge in [0.15, 0.2) is 0 Å². The van der Waals surface area contributed by atoms with Crippen LogP contribution in [0.15, 0.2) is 55.0 Å². The van der Waals surface area contributed by atoms with Crippen molar-refractivity contribution in [3.05, 3.63) is 60.6 Å². The quantitative estimate of drug-likeness (QED) is 0.792. The molecule has 0 aliphatic rings. The van der Waals surface area contributed by atoms with Gasteiger partial charge >= 0.3 is 5.97 Å². The van der Waals surface area contributed by atoms with Gasteiger partial charge in [-0.3, -0.25) is 14.8 Å². The molecular formula is C18H16N2O2. The lowest BCUT2D eigenvalue weighted by Crippen LogP contribution is -2.03. The van der Waals surface area contributed by atoms with E-state index in [9.17, 15) is 4.79 Å². The number of hydrogen-bond donors (Lipinski definition) is 1. The van der Waals surface area contributed by atoms with E-state index >= 15 is 0 Å². The lowest BCUT2D eigenvalue weighted by atomic mass is 9.96. The molecule has 0 aliphatic heterocycles. The molecule has 110 valence electrons. The van der Waals surface area contributed by atoms with Crippen LogP contribution >= 0.6 is 0 Å². The van der Waals surface area contributed by atoms with Crippen LogP contribution in [0.3, 0.4) is 0 Å². The highest BCUT2D eigenvalue weighted by Gasteiger charge is 2.11. The predicted octanol–water partition coefficient (Wildman–Crippen LogP) is 3.88. The van der Waals surface area contributed by atoms with Crippen molar-refractivity contribution >= 4 is 16.9 Å². The SMILES string of the molecule is CC(CC(=O)O)c1cncc(-c2ccc3ncccc3c2)c1. The Balaban J connectivity index is 1.98. The number of aromatic nitrogens is 2. The highest BCUT2D eigenvalue weighted by atomic mass is 16.4. The Morgan fingerprint density at radius 2 is 2.05 bits per heavy atom. The van der Waals surface area contributed by atoms with Crippen molar-refractivity contribution in [2.75, 3.05) is 0 Å². The first kappa shape index (κ1) is 14.2. The second-order valence-corrected chi connectivity index (χ2v) is 5.42. The molecule has 3 aromatic rings. The summed E-state index contributed by atoms with van der Waals surface area (Å²) in [6, 6.07) is 12.0. The highest BCUT2D eigenvalue weighted by molar-refractivity contribution is 5.84. The van der Waals surface area contributed by atoms with Crippen molar-refractivity contribution in [1.82, 2.24) is 9.97 Å². The minimum absolute atomic E-state index is 0.0629. The molecule has 0 radical (unpaired) electrons. The van der Waals surface area contributed by atoms with Crippen LogP contribution in [0.2, 0.25) is 0 Å². The standard InChI is InChI=1S/C18H16N2O2/c1-12(7-18(21)22)15-9-16(11-19-10-15)13-4-5-17-14(8-13)3-2-6-20-17/h2-6,8-12H,7H2,1H3,(H,21,22). The number of benzene rings is 1. The van der Waals surface area contributed by atoms with Gasteiger partial charge in [-0.05, 0) is 41.3 Å². The average Bonchev–Trinajstić information content (AvgIpc) is 2.54. The van der Waals surface area contributed by atoms with Gasteiger partial charge in [0.05, 0.1) is 11.9 Å². The Hall–Kier alpha value is -2.75. The second kappa shape index (κ2) is 5.93. The molecule has 2 heterocycles. The number of aliphatic carboxylic acids is 1. The van der Waals surface area contributed by atoms with Crippen LogP contribution in [0.1, 0.15) is 24.8 Å². The van der Waals surface area contributed by atoms with E-state index in [1.807, 2.05) is 37.3 Å². The van der Waals surface area contributed by atoms with Gasteiger partial charge in [-0.2, -0.15) is 0 Å². The van der Waals surface area contributed by atoms with E-state index < -0.39 is 5.97 Å². The first-order valence-electron chi connectivity index (χ1n) is 7.15. The Labute approximate surface area is 128 Å². The molecule has 1 atom stereocenters. The largest absolute Gasteiger partial charge is 0.481 e. The Kier molecular flexibility index (Phi) is 3.83. The van der Waals surface area contributed by atoms with Crippen LogP contribution in [-0.4, -0.2) is 21.0 Å². The third-order valence-corrected chi connectivity index (χ3v) is 3.75. The first-order chi connectivity index (χ1) is 10.6. The zero-order valence-electron chi connectivity index (χ0n) is 12.2. The van der Waals surface area contributed by atoms with E-state index in [2.05, 4.69) is 16.0 Å². The summed E-state index contributed by atoms with van der Waals surface area (Å²) in [6.45, 7) is 1.90. The molecule has 1 unspecified atom stereocenters. The number of carboxylic acid groups (broad SMARTS) is 1. The third kappa shape index (κ3) is 2.96. The summed E-state index contributed by atoms with van der Waals surface area (Å²) in [5.41, 5.74) is 3.93. The number of carbonyl (C=O) groups is 1. The van der Waals surface area contributed by atoms with E-state index in [4.69, 9.17) is 5.11 Å². The van der Waals surface area contributed by atoms with E-state index in [0.29, 0.717) is 0 Å². The molecule has 0 aliphatic carbocycles. The van der Waals surface area contributed by atoms with Gasteiger partial charge < -0.3 is 5.11 Å². The fourth-order valence-electron chi connectivity index (χ4n) is 2.52. The fraction of sp³-hybridized carbons (Fsp3) is 0.167. The van der Waals surface area contributed by atoms with Crippen LogP contribution in [0.4, 0.5) is 0 Å². The highest BCUT2D eigenvalue weighted by Crippen LogP contribution is 2.26. The molecule has 4 nitrogen and oxygen atoms in total. The first-order valence-corrected chi connectivity index (χ1v) is 7.15. The molecular weight excluding hydrogens is 276 g/mol. The van der Waals surface area contributed by atoms with Gasteiger partial charge in [0.25, 0.3) is 0 Å². The number of carboxylic acids is 1. The number of pyridine rings is 2. The molecule has 22 heavy (non-hydrogen) atoms. The molecule has 0 bridgehead atoms. The Morgan fingerprint density at radius 1 is 1.18 bits per heavy atom. The molecule has 3 rings (SSSR count). The van der Waals surface area contributed by atoms with Crippen LogP contribution in [0, 0.1) is 0 Å². The van der Waals surface area contributed by atoms with E-state index in [0.717, 1.165) is 27.6 Å². The zero-order valence-corrected chi connectivity index (χ0v) is 12.2. The zero-order chi connectivity index (χ0) is 15.5. The summed E-state index contributed by atoms with van der Waals surface area (Å²) in [4.78, 5) is 19.4. The van der Waals surface area contributed by atoms with Crippen LogP contribution in [0.5, 0.6) is 0 Å². The van der Waals surface area contributed by atoms with Crippen LogP contribution < -0.4 is 0 Å². The van der Waals surface area contributed by atoms with Gasteiger partial charge in [0.1, 0.15) is 0 Å². The van der Waals surface area contributed by atoms with Crippen molar-refractivity contribution in [3.8, 4) is 11.1 Å². The molecule has 0 amide bonds. The number of nitrogens with zero attached hydrogens (tertiary/aromatic N) is 2. The maximum absolute atomic E-state index is 10.9. The predicted molar refractivity (Wildman–Crippen MR) is 85.6 cm³/mol.